The molecular formula is C13H18N2O3. The molecule has 1 fully saturated rings. The average molecular weight is 250 g/mol. The van der Waals surface area contributed by atoms with Crippen LogP contribution in [0.5, 0.6) is 0 Å². The second-order valence-corrected chi connectivity index (χ2v) is 4.51. The predicted molar refractivity (Wildman–Crippen MR) is 66.4 cm³/mol. The summed E-state index contributed by atoms with van der Waals surface area (Å²) in [7, 11) is 0. The minimum Gasteiger partial charge on any atom is -0.477 e. The Balaban J connectivity index is 1.72. The van der Waals surface area contributed by atoms with Crippen LogP contribution in [0.15, 0.2) is 18.2 Å². The number of aromatic nitrogens is 1. The zero-order valence-electron chi connectivity index (χ0n) is 10.3. The zero-order chi connectivity index (χ0) is 12.8. The van der Waals surface area contributed by atoms with E-state index in [0.717, 1.165) is 38.3 Å². The molecule has 0 aromatic carbocycles. The van der Waals surface area contributed by atoms with Crippen LogP contribution in [0.4, 0.5) is 0 Å². The molecule has 1 aromatic rings. The molecule has 1 aliphatic rings. The van der Waals surface area contributed by atoms with E-state index in [1.165, 1.54) is 6.07 Å². The number of ether oxygens (including phenoxy) is 1. The van der Waals surface area contributed by atoms with Crippen LogP contribution in [0.3, 0.4) is 0 Å². The van der Waals surface area contributed by atoms with Crippen LogP contribution in [0.2, 0.25) is 0 Å². The lowest BCUT2D eigenvalue weighted by molar-refractivity contribution is 0.0690. The van der Waals surface area contributed by atoms with E-state index in [-0.39, 0.29) is 5.69 Å². The molecule has 0 radical (unpaired) electrons. The molecule has 18 heavy (non-hydrogen) atoms. The van der Waals surface area contributed by atoms with Gasteiger partial charge in [-0.3, -0.25) is 0 Å². The van der Waals surface area contributed by atoms with Crippen LogP contribution in [0, 0.1) is 5.92 Å². The molecule has 5 nitrogen and oxygen atoms in total. The van der Waals surface area contributed by atoms with Crippen LogP contribution >= 0.6 is 0 Å². The van der Waals surface area contributed by atoms with Gasteiger partial charge < -0.3 is 15.2 Å². The van der Waals surface area contributed by atoms with E-state index in [4.69, 9.17) is 9.84 Å². The molecule has 2 rings (SSSR count). The molecule has 1 aliphatic heterocycles. The first kappa shape index (κ1) is 13.0. The summed E-state index contributed by atoms with van der Waals surface area (Å²) in [6.45, 7) is 3.27. The van der Waals surface area contributed by atoms with E-state index in [1.807, 2.05) is 6.07 Å². The first-order valence-corrected chi connectivity index (χ1v) is 6.23. The van der Waals surface area contributed by atoms with Gasteiger partial charge in [0.05, 0.1) is 5.69 Å². The summed E-state index contributed by atoms with van der Waals surface area (Å²) in [4.78, 5) is 14.8. The van der Waals surface area contributed by atoms with Crippen LogP contribution in [0.1, 0.15) is 29.0 Å². The maximum Gasteiger partial charge on any atom is 0.354 e. The van der Waals surface area contributed by atoms with E-state index in [2.05, 4.69) is 10.3 Å². The third-order valence-electron chi connectivity index (χ3n) is 3.09. The number of pyridine rings is 1. The second-order valence-electron chi connectivity index (χ2n) is 4.51. The predicted octanol–water partition coefficient (Wildman–Crippen LogP) is 1.30. The highest BCUT2D eigenvalue weighted by Crippen LogP contribution is 2.15. The number of carboxylic acid groups (broad SMARTS) is 1. The van der Waals surface area contributed by atoms with Crippen molar-refractivity contribution in [2.45, 2.75) is 19.4 Å². The largest absolute Gasteiger partial charge is 0.477 e. The SMILES string of the molecule is O=C(O)c1cccc(CNCCC2CCOC2)n1. The number of rotatable bonds is 6. The highest BCUT2D eigenvalue weighted by molar-refractivity contribution is 5.85. The lowest BCUT2D eigenvalue weighted by Crippen LogP contribution is -2.19. The molecule has 1 unspecified atom stereocenters. The highest BCUT2D eigenvalue weighted by Gasteiger charge is 2.14. The Bertz CT molecular complexity index is 403. The topological polar surface area (TPSA) is 71.5 Å². The fourth-order valence-electron chi connectivity index (χ4n) is 2.03. The molecule has 1 saturated heterocycles. The van der Waals surface area contributed by atoms with Crippen LogP contribution < -0.4 is 5.32 Å². The molecule has 0 saturated carbocycles. The Kier molecular flexibility index (Phi) is 4.66. The van der Waals surface area contributed by atoms with Crippen molar-refractivity contribution in [2.75, 3.05) is 19.8 Å². The molecule has 0 spiro atoms. The third-order valence-corrected chi connectivity index (χ3v) is 3.09. The Hall–Kier alpha value is -1.46. The summed E-state index contributed by atoms with van der Waals surface area (Å²) >= 11 is 0. The molecule has 5 heteroatoms. The summed E-state index contributed by atoms with van der Waals surface area (Å²) in [5.74, 6) is -0.323. The van der Waals surface area contributed by atoms with Gasteiger partial charge in [0, 0.05) is 19.8 Å². The lowest BCUT2D eigenvalue weighted by atomic mass is 10.1. The normalized spacial score (nSPS) is 19.0. The van der Waals surface area contributed by atoms with Gasteiger partial charge >= 0.3 is 5.97 Å². The smallest absolute Gasteiger partial charge is 0.354 e. The fraction of sp³-hybridized carbons (Fsp3) is 0.538. The van der Waals surface area contributed by atoms with E-state index in [9.17, 15) is 4.79 Å². The Labute approximate surface area is 106 Å². The maximum absolute atomic E-state index is 10.8. The molecule has 0 amide bonds. The average Bonchev–Trinajstić information content (AvgIpc) is 2.88. The summed E-state index contributed by atoms with van der Waals surface area (Å²) in [5, 5.41) is 12.1. The minimum atomic E-state index is -0.986. The van der Waals surface area contributed by atoms with Gasteiger partial charge in [-0.1, -0.05) is 6.07 Å². The first-order valence-electron chi connectivity index (χ1n) is 6.23. The monoisotopic (exact) mass is 250 g/mol. The van der Waals surface area contributed by atoms with E-state index in [0.29, 0.717) is 12.5 Å². The van der Waals surface area contributed by atoms with Crippen molar-refractivity contribution in [3.63, 3.8) is 0 Å². The Morgan fingerprint density at radius 2 is 2.44 bits per heavy atom. The highest BCUT2D eigenvalue weighted by atomic mass is 16.5. The first-order chi connectivity index (χ1) is 8.75. The van der Waals surface area contributed by atoms with Gasteiger partial charge in [-0.05, 0) is 37.4 Å². The van der Waals surface area contributed by atoms with Crippen LogP contribution in [-0.4, -0.2) is 35.8 Å². The summed E-state index contributed by atoms with van der Waals surface area (Å²) < 4.78 is 5.31. The van der Waals surface area contributed by atoms with Crippen molar-refractivity contribution in [3.8, 4) is 0 Å². The van der Waals surface area contributed by atoms with Crippen molar-refractivity contribution >= 4 is 5.97 Å². The van der Waals surface area contributed by atoms with E-state index < -0.39 is 5.97 Å². The maximum atomic E-state index is 10.8. The molecule has 2 N–H and O–H groups in total. The summed E-state index contributed by atoms with van der Waals surface area (Å²) in [6.07, 6.45) is 2.24. The molecule has 0 bridgehead atoms. The van der Waals surface area contributed by atoms with E-state index >= 15 is 0 Å². The number of nitrogens with one attached hydrogen (secondary N) is 1. The van der Waals surface area contributed by atoms with Gasteiger partial charge in [0.1, 0.15) is 5.69 Å². The van der Waals surface area contributed by atoms with Crippen LogP contribution in [-0.2, 0) is 11.3 Å². The molecule has 98 valence electrons. The van der Waals surface area contributed by atoms with Crippen LogP contribution in [0.25, 0.3) is 0 Å². The van der Waals surface area contributed by atoms with Gasteiger partial charge in [-0.25, -0.2) is 9.78 Å². The molecule has 0 aliphatic carbocycles. The van der Waals surface area contributed by atoms with Gasteiger partial charge in [-0.2, -0.15) is 0 Å². The summed E-state index contributed by atoms with van der Waals surface area (Å²) in [5.41, 5.74) is 0.857. The quantitative estimate of drug-likeness (QED) is 0.744. The number of hydrogen-bond acceptors (Lipinski definition) is 4. The molecule has 1 aromatic heterocycles. The van der Waals surface area contributed by atoms with Gasteiger partial charge in [0.15, 0.2) is 0 Å². The van der Waals surface area contributed by atoms with Gasteiger partial charge in [0.25, 0.3) is 0 Å². The third kappa shape index (κ3) is 3.78. The Morgan fingerprint density at radius 3 is 3.17 bits per heavy atom. The Morgan fingerprint density at radius 1 is 1.56 bits per heavy atom. The minimum absolute atomic E-state index is 0.0958. The van der Waals surface area contributed by atoms with Gasteiger partial charge in [0.2, 0.25) is 0 Å². The summed E-state index contributed by atoms with van der Waals surface area (Å²) in [6, 6.07) is 5.05. The van der Waals surface area contributed by atoms with Crippen molar-refractivity contribution < 1.29 is 14.6 Å². The molecule has 2 heterocycles. The molecular weight excluding hydrogens is 232 g/mol. The number of nitrogens with zero attached hydrogens (tertiary/aromatic N) is 1. The van der Waals surface area contributed by atoms with Gasteiger partial charge in [-0.15, -0.1) is 0 Å². The second kappa shape index (κ2) is 6.47. The standard InChI is InChI=1S/C13H18N2O3/c16-13(17)12-3-1-2-11(15-12)8-14-6-4-10-5-7-18-9-10/h1-3,10,14H,4-9H2,(H,16,17). The number of carbonyl (C=O) groups is 1. The lowest BCUT2D eigenvalue weighted by Gasteiger charge is -2.08. The fourth-order valence-corrected chi connectivity index (χ4v) is 2.03. The van der Waals surface area contributed by atoms with E-state index in [1.54, 1.807) is 6.07 Å². The van der Waals surface area contributed by atoms with Crippen molar-refractivity contribution in [1.82, 2.24) is 10.3 Å². The number of carboxylic acids is 1. The van der Waals surface area contributed by atoms with Crippen molar-refractivity contribution in [3.05, 3.63) is 29.6 Å². The van der Waals surface area contributed by atoms with Crippen molar-refractivity contribution in [1.29, 1.82) is 0 Å². The number of hydrogen-bond donors (Lipinski definition) is 2. The zero-order valence-corrected chi connectivity index (χ0v) is 10.3. The van der Waals surface area contributed by atoms with Crippen molar-refractivity contribution in [2.24, 2.45) is 5.92 Å². The number of aromatic carboxylic acids is 1. The molecule has 1 atom stereocenters.